The van der Waals surface area contributed by atoms with Crippen LogP contribution in [-0.2, 0) is 4.74 Å². The van der Waals surface area contributed by atoms with Crippen molar-refractivity contribution in [2.45, 2.75) is 33.3 Å². The highest BCUT2D eigenvalue weighted by Crippen LogP contribution is 2.16. The summed E-state index contributed by atoms with van der Waals surface area (Å²) in [7, 11) is 0. The molecule has 0 aliphatic heterocycles. The first-order valence-corrected chi connectivity index (χ1v) is 5.03. The van der Waals surface area contributed by atoms with Crippen molar-refractivity contribution in [2.75, 3.05) is 0 Å². The van der Waals surface area contributed by atoms with Crippen LogP contribution in [0.2, 0.25) is 0 Å². The Morgan fingerprint density at radius 2 is 2.14 bits per heavy atom. The van der Waals surface area contributed by atoms with Gasteiger partial charge in [-0.1, -0.05) is 0 Å². The van der Waals surface area contributed by atoms with Crippen molar-refractivity contribution in [3.05, 3.63) is 16.6 Å². The monoisotopic (exact) mass is 260 g/mol. The minimum atomic E-state index is -0.491. The molecule has 1 heterocycles. The number of rotatable bonds is 0. The molecule has 0 aliphatic carbocycles. The van der Waals surface area contributed by atoms with Crippen molar-refractivity contribution >= 4 is 22.0 Å². The highest BCUT2D eigenvalue weighted by molar-refractivity contribution is 9.10. The van der Waals surface area contributed by atoms with Crippen molar-refractivity contribution in [1.29, 1.82) is 0 Å². The van der Waals surface area contributed by atoms with Gasteiger partial charge in [0.2, 0.25) is 0 Å². The van der Waals surface area contributed by atoms with Gasteiger partial charge in [-0.25, -0.2) is 14.3 Å². The van der Waals surface area contributed by atoms with Gasteiger partial charge in [-0.3, -0.25) is 0 Å². The molecule has 0 aliphatic rings. The standard InChI is InChI=1S/C9H13BrN2O2/c1-6-7(10)12(5-11-6)8(13)14-9(2,3)4/h5H,1-4H3. The van der Waals surface area contributed by atoms with Gasteiger partial charge >= 0.3 is 6.09 Å². The molecule has 0 atom stereocenters. The lowest BCUT2D eigenvalue weighted by atomic mass is 10.2. The van der Waals surface area contributed by atoms with E-state index in [1.165, 1.54) is 10.9 Å². The van der Waals surface area contributed by atoms with Gasteiger partial charge in [0.1, 0.15) is 16.5 Å². The summed E-state index contributed by atoms with van der Waals surface area (Å²) in [5.41, 5.74) is 0.269. The van der Waals surface area contributed by atoms with E-state index in [1.54, 1.807) is 0 Å². The first kappa shape index (κ1) is 11.2. The topological polar surface area (TPSA) is 44.1 Å². The van der Waals surface area contributed by atoms with Crippen LogP contribution in [0.5, 0.6) is 0 Å². The van der Waals surface area contributed by atoms with Gasteiger partial charge in [-0.2, -0.15) is 0 Å². The lowest BCUT2D eigenvalue weighted by Crippen LogP contribution is -2.26. The molecule has 0 saturated heterocycles. The summed E-state index contributed by atoms with van der Waals surface area (Å²) in [6.07, 6.45) is 1.01. The first-order valence-electron chi connectivity index (χ1n) is 4.24. The van der Waals surface area contributed by atoms with E-state index in [1.807, 2.05) is 27.7 Å². The molecule has 4 nitrogen and oxygen atoms in total. The third kappa shape index (κ3) is 2.57. The normalized spacial score (nSPS) is 11.5. The molecule has 0 radical (unpaired) electrons. The van der Waals surface area contributed by atoms with Crippen LogP contribution in [-0.4, -0.2) is 21.2 Å². The zero-order chi connectivity index (χ0) is 10.9. The van der Waals surface area contributed by atoms with E-state index >= 15 is 0 Å². The molecule has 14 heavy (non-hydrogen) atoms. The largest absolute Gasteiger partial charge is 0.443 e. The zero-order valence-electron chi connectivity index (χ0n) is 8.67. The number of imidazole rings is 1. The number of carbonyl (C=O) groups is 1. The molecule has 0 fully saturated rings. The fraction of sp³-hybridized carbons (Fsp3) is 0.556. The van der Waals surface area contributed by atoms with E-state index in [0.29, 0.717) is 4.60 Å². The molecular formula is C9H13BrN2O2. The van der Waals surface area contributed by atoms with E-state index in [4.69, 9.17) is 4.74 Å². The molecule has 5 heteroatoms. The molecule has 1 rings (SSSR count). The number of aromatic nitrogens is 2. The highest BCUT2D eigenvalue weighted by Gasteiger charge is 2.19. The molecular weight excluding hydrogens is 248 g/mol. The second kappa shape index (κ2) is 3.73. The molecule has 0 bridgehead atoms. The summed E-state index contributed by atoms with van der Waals surface area (Å²) >= 11 is 3.26. The summed E-state index contributed by atoms with van der Waals surface area (Å²) in [6.45, 7) is 7.28. The van der Waals surface area contributed by atoms with E-state index in [2.05, 4.69) is 20.9 Å². The fourth-order valence-corrected chi connectivity index (χ4v) is 1.20. The van der Waals surface area contributed by atoms with Gasteiger partial charge < -0.3 is 4.74 Å². The Morgan fingerprint density at radius 1 is 1.57 bits per heavy atom. The van der Waals surface area contributed by atoms with Gasteiger partial charge in [0, 0.05) is 0 Å². The minimum Gasteiger partial charge on any atom is -0.443 e. The van der Waals surface area contributed by atoms with Crippen LogP contribution in [0.15, 0.2) is 10.9 Å². The van der Waals surface area contributed by atoms with Crippen LogP contribution in [0, 0.1) is 6.92 Å². The van der Waals surface area contributed by atoms with Crippen molar-refractivity contribution < 1.29 is 9.53 Å². The summed E-state index contributed by atoms with van der Waals surface area (Å²) in [5, 5.41) is 0. The Morgan fingerprint density at radius 3 is 2.50 bits per heavy atom. The summed E-state index contributed by atoms with van der Waals surface area (Å²) in [4.78, 5) is 15.5. The lowest BCUT2D eigenvalue weighted by molar-refractivity contribution is 0.0533. The van der Waals surface area contributed by atoms with Crippen molar-refractivity contribution in [1.82, 2.24) is 9.55 Å². The number of hydrogen-bond acceptors (Lipinski definition) is 3. The Balaban J connectivity index is 2.86. The van der Waals surface area contributed by atoms with Gasteiger partial charge in [0.25, 0.3) is 0 Å². The van der Waals surface area contributed by atoms with Crippen LogP contribution in [0.4, 0.5) is 4.79 Å². The Bertz CT molecular complexity index is 352. The molecule has 0 unspecified atom stereocenters. The Hall–Kier alpha value is -0.840. The first-order chi connectivity index (χ1) is 6.31. The average Bonchev–Trinajstić information content (AvgIpc) is 2.29. The predicted octanol–water partition coefficient (Wildman–Crippen LogP) is 2.74. The minimum absolute atomic E-state index is 0.426. The number of ether oxygens (including phenoxy) is 1. The quantitative estimate of drug-likeness (QED) is 0.721. The summed E-state index contributed by atoms with van der Waals surface area (Å²) < 4.78 is 7.14. The van der Waals surface area contributed by atoms with Crippen LogP contribution in [0.25, 0.3) is 0 Å². The van der Waals surface area contributed by atoms with E-state index in [9.17, 15) is 4.79 Å². The number of nitrogens with zero attached hydrogens (tertiary/aromatic N) is 2. The molecule has 0 spiro atoms. The number of aryl methyl sites for hydroxylation is 1. The molecule has 0 amide bonds. The van der Waals surface area contributed by atoms with E-state index in [-0.39, 0.29) is 0 Å². The lowest BCUT2D eigenvalue weighted by Gasteiger charge is -2.19. The summed E-state index contributed by atoms with van der Waals surface area (Å²) in [6, 6.07) is 0. The third-order valence-corrected chi connectivity index (χ3v) is 2.42. The smallest absolute Gasteiger partial charge is 0.420 e. The van der Waals surface area contributed by atoms with Crippen LogP contribution in [0.1, 0.15) is 26.5 Å². The van der Waals surface area contributed by atoms with Crippen LogP contribution in [0.3, 0.4) is 0 Å². The van der Waals surface area contributed by atoms with E-state index < -0.39 is 11.7 Å². The van der Waals surface area contributed by atoms with Crippen LogP contribution >= 0.6 is 15.9 Å². The average molecular weight is 261 g/mol. The molecule has 0 aromatic carbocycles. The fourth-order valence-electron chi connectivity index (χ4n) is 0.861. The van der Waals surface area contributed by atoms with Crippen molar-refractivity contribution in [2.24, 2.45) is 0 Å². The molecule has 78 valence electrons. The molecule has 1 aromatic rings. The third-order valence-electron chi connectivity index (χ3n) is 1.47. The van der Waals surface area contributed by atoms with Crippen LogP contribution < -0.4 is 0 Å². The Kier molecular flexibility index (Phi) is 2.99. The molecule has 0 saturated carbocycles. The van der Waals surface area contributed by atoms with E-state index in [0.717, 1.165) is 5.69 Å². The zero-order valence-corrected chi connectivity index (χ0v) is 10.3. The number of halogens is 1. The molecule has 0 N–H and O–H groups in total. The molecule has 1 aromatic heterocycles. The Labute approximate surface area is 91.4 Å². The highest BCUT2D eigenvalue weighted by atomic mass is 79.9. The number of hydrogen-bond donors (Lipinski definition) is 0. The summed E-state index contributed by atoms with van der Waals surface area (Å²) in [5.74, 6) is 0. The maximum Gasteiger partial charge on any atom is 0.420 e. The van der Waals surface area contributed by atoms with Gasteiger partial charge in [-0.05, 0) is 43.6 Å². The van der Waals surface area contributed by atoms with Gasteiger partial charge in [-0.15, -0.1) is 0 Å². The van der Waals surface area contributed by atoms with Gasteiger partial charge in [0.15, 0.2) is 0 Å². The van der Waals surface area contributed by atoms with Crippen molar-refractivity contribution in [3.8, 4) is 0 Å². The second-order valence-corrected chi connectivity index (χ2v) is 4.72. The maximum absolute atomic E-state index is 11.6. The maximum atomic E-state index is 11.6. The predicted molar refractivity (Wildman–Crippen MR) is 56.3 cm³/mol. The second-order valence-electron chi connectivity index (χ2n) is 3.97. The van der Waals surface area contributed by atoms with Gasteiger partial charge in [0.05, 0.1) is 5.69 Å². The number of carbonyl (C=O) groups excluding carboxylic acids is 1. The van der Waals surface area contributed by atoms with Crippen molar-refractivity contribution in [3.63, 3.8) is 0 Å². The SMILES string of the molecule is Cc1ncn(C(=O)OC(C)(C)C)c1Br.